The van der Waals surface area contributed by atoms with Crippen LogP contribution in [0.15, 0.2) is 16.7 Å². The zero-order valence-corrected chi connectivity index (χ0v) is 13.4. The fourth-order valence-corrected chi connectivity index (χ4v) is 2.73. The monoisotopic (exact) mass is 279 g/mol. The Balaban J connectivity index is 1.80. The molecule has 0 saturated carbocycles. The van der Waals surface area contributed by atoms with Crippen molar-refractivity contribution in [3.05, 3.63) is 23.7 Å². The highest BCUT2D eigenvalue weighted by Crippen LogP contribution is 2.17. The van der Waals surface area contributed by atoms with Gasteiger partial charge in [-0.2, -0.15) is 0 Å². The van der Waals surface area contributed by atoms with Crippen molar-refractivity contribution in [1.29, 1.82) is 0 Å². The third kappa shape index (κ3) is 4.62. The van der Waals surface area contributed by atoms with E-state index < -0.39 is 0 Å². The molecule has 1 aromatic heterocycles. The molecule has 0 radical (unpaired) electrons. The summed E-state index contributed by atoms with van der Waals surface area (Å²) in [6.45, 7) is 8.53. The molecule has 1 aliphatic rings. The van der Waals surface area contributed by atoms with Crippen LogP contribution in [0.2, 0.25) is 0 Å². The van der Waals surface area contributed by atoms with E-state index in [4.69, 9.17) is 4.42 Å². The smallest absolute Gasteiger partial charge is 0.118 e. The first-order valence-electron chi connectivity index (χ1n) is 7.73. The number of likely N-dealkylation sites (tertiary alicyclic amines) is 1. The molecular weight excluding hydrogens is 250 g/mol. The second-order valence-electron chi connectivity index (χ2n) is 6.41. The average molecular weight is 279 g/mol. The maximum absolute atomic E-state index is 5.69. The summed E-state index contributed by atoms with van der Waals surface area (Å²) in [5.41, 5.74) is 1.24. The van der Waals surface area contributed by atoms with Crippen LogP contribution in [0, 0.1) is 0 Å². The fraction of sp³-hybridized carbons (Fsp3) is 0.750. The largest absolute Gasteiger partial charge is 0.468 e. The van der Waals surface area contributed by atoms with Gasteiger partial charge in [-0.3, -0.25) is 4.90 Å². The van der Waals surface area contributed by atoms with Gasteiger partial charge in [-0.15, -0.1) is 0 Å². The van der Waals surface area contributed by atoms with Crippen molar-refractivity contribution < 1.29 is 4.42 Å². The zero-order chi connectivity index (χ0) is 14.5. The first kappa shape index (κ1) is 15.5. The van der Waals surface area contributed by atoms with Gasteiger partial charge in [0.05, 0.1) is 12.8 Å². The van der Waals surface area contributed by atoms with Gasteiger partial charge in [-0.05, 0) is 46.1 Å². The Kier molecular flexibility index (Phi) is 5.64. The molecule has 2 rings (SSSR count). The molecule has 4 nitrogen and oxygen atoms in total. The molecule has 0 atom stereocenters. The lowest BCUT2D eigenvalue weighted by Gasteiger charge is -2.34. The van der Waals surface area contributed by atoms with Crippen LogP contribution in [0.4, 0.5) is 0 Å². The number of nitrogens with one attached hydrogen (secondary N) is 1. The van der Waals surface area contributed by atoms with E-state index in [0.717, 1.165) is 18.8 Å². The predicted octanol–water partition coefficient (Wildman–Crippen LogP) is 2.30. The molecule has 0 spiro atoms. The Labute approximate surface area is 123 Å². The van der Waals surface area contributed by atoms with Crippen molar-refractivity contribution >= 4 is 0 Å². The summed E-state index contributed by atoms with van der Waals surface area (Å²) in [5.74, 6) is 1.08. The van der Waals surface area contributed by atoms with Gasteiger partial charge < -0.3 is 14.6 Å². The molecule has 1 N–H and O–H groups in total. The Morgan fingerprint density at radius 2 is 2.10 bits per heavy atom. The topological polar surface area (TPSA) is 31.7 Å². The van der Waals surface area contributed by atoms with Crippen LogP contribution in [-0.4, -0.2) is 49.1 Å². The number of furan rings is 1. The highest BCUT2D eigenvalue weighted by molar-refractivity contribution is 5.12. The lowest BCUT2D eigenvalue weighted by molar-refractivity contribution is 0.132. The Morgan fingerprint density at radius 1 is 1.40 bits per heavy atom. The summed E-state index contributed by atoms with van der Waals surface area (Å²) in [4.78, 5) is 4.85. The van der Waals surface area contributed by atoms with E-state index in [-0.39, 0.29) is 0 Å². The van der Waals surface area contributed by atoms with Crippen molar-refractivity contribution in [3.8, 4) is 0 Å². The molecule has 1 saturated heterocycles. The summed E-state index contributed by atoms with van der Waals surface area (Å²) in [5, 5.41) is 3.42. The molecule has 0 unspecified atom stereocenters. The summed E-state index contributed by atoms with van der Waals surface area (Å²) in [7, 11) is 4.42. The number of nitrogens with zero attached hydrogens (tertiary/aromatic N) is 2. The van der Waals surface area contributed by atoms with Crippen LogP contribution in [0.1, 0.15) is 38.0 Å². The Bertz CT molecular complexity index is 394. The number of rotatable bonds is 6. The van der Waals surface area contributed by atoms with E-state index in [1.54, 1.807) is 0 Å². The van der Waals surface area contributed by atoms with Crippen LogP contribution in [0.25, 0.3) is 0 Å². The second-order valence-corrected chi connectivity index (χ2v) is 6.41. The van der Waals surface area contributed by atoms with E-state index in [9.17, 15) is 0 Å². The van der Waals surface area contributed by atoms with E-state index in [1.165, 1.54) is 31.5 Å². The van der Waals surface area contributed by atoms with Gasteiger partial charge in [0.2, 0.25) is 0 Å². The van der Waals surface area contributed by atoms with Gasteiger partial charge in [-0.1, -0.05) is 13.8 Å². The first-order valence-corrected chi connectivity index (χ1v) is 7.73. The van der Waals surface area contributed by atoms with E-state index in [1.807, 2.05) is 6.26 Å². The van der Waals surface area contributed by atoms with Crippen LogP contribution in [-0.2, 0) is 13.1 Å². The van der Waals surface area contributed by atoms with Gasteiger partial charge in [0.1, 0.15) is 5.76 Å². The lowest BCUT2D eigenvalue weighted by Crippen LogP contribution is -2.41. The summed E-state index contributed by atoms with van der Waals surface area (Å²) in [6.07, 6.45) is 4.40. The molecule has 1 aromatic rings. The molecular formula is C16H29N3O. The maximum Gasteiger partial charge on any atom is 0.118 e. The Hall–Kier alpha value is -0.840. The molecule has 4 heteroatoms. The molecule has 1 fully saturated rings. The van der Waals surface area contributed by atoms with Crippen molar-refractivity contribution in [2.24, 2.45) is 0 Å². The standard InChI is InChI=1S/C16H29N3O/c1-13(2)17-10-14-9-16(20-12-14)11-19(4)15-5-7-18(3)8-6-15/h9,12-13,15,17H,5-8,10-11H2,1-4H3. The van der Waals surface area contributed by atoms with Crippen molar-refractivity contribution in [3.63, 3.8) is 0 Å². The van der Waals surface area contributed by atoms with Crippen LogP contribution >= 0.6 is 0 Å². The van der Waals surface area contributed by atoms with Crippen molar-refractivity contribution in [2.45, 2.75) is 51.9 Å². The maximum atomic E-state index is 5.69. The molecule has 114 valence electrons. The van der Waals surface area contributed by atoms with Gasteiger partial charge >= 0.3 is 0 Å². The third-order valence-corrected chi connectivity index (χ3v) is 4.14. The molecule has 0 aliphatic carbocycles. The minimum absolute atomic E-state index is 0.509. The molecule has 1 aliphatic heterocycles. The van der Waals surface area contributed by atoms with Gasteiger partial charge in [0, 0.05) is 24.2 Å². The third-order valence-electron chi connectivity index (χ3n) is 4.14. The van der Waals surface area contributed by atoms with Crippen LogP contribution < -0.4 is 5.32 Å². The molecule has 0 amide bonds. The summed E-state index contributed by atoms with van der Waals surface area (Å²) in [6, 6.07) is 3.38. The number of piperidine rings is 1. The minimum atomic E-state index is 0.509. The van der Waals surface area contributed by atoms with Crippen molar-refractivity contribution in [1.82, 2.24) is 15.1 Å². The van der Waals surface area contributed by atoms with Gasteiger partial charge in [0.15, 0.2) is 0 Å². The SMILES string of the molecule is CC(C)NCc1coc(CN(C)C2CCN(C)CC2)c1. The number of hydrogen-bond donors (Lipinski definition) is 1. The van der Waals surface area contributed by atoms with Crippen molar-refractivity contribution in [2.75, 3.05) is 27.2 Å². The second kappa shape index (κ2) is 7.25. The quantitative estimate of drug-likeness (QED) is 0.866. The summed E-state index contributed by atoms with van der Waals surface area (Å²) >= 11 is 0. The molecule has 0 bridgehead atoms. The van der Waals surface area contributed by atoms with E-state index >= 15 is 0 Å². The molecule has 2 heterocycles. The minimum Gasteiger partial charge on any atom is -0.468 e. The van der Waals surface area contributed by atoms with Gasteiger partial charge in [0.25, 0.3) is 0 Å². The van der Waals surface area contributed by atoms with E-state index in [0.29, 0.717) is 12.1 Å². The predicted molar refractivity (Wildman–Crippen MR) is 82.7 cm³/mol. The van der Waals surface area contributed by atoms with E-state index in [2.05, 4.69) is 49.1 Å². The fourth-order valence-electron chi connectivity index (χ4n) is 2.73. The molecule has 0 aromatic carbocycles. The lowest BCUT2D eigenvalue weighted by atomic mass is 10.0. The average Bonchev–Trinajstić information content (AvgIpc) is 2.84. The summed E-state index contributed by atoms with van der Waals surface area (Å²) < 4.78 is 5.69. The van der Waals surface area contributed by atoms with Crippen LogP contribution in [0.3, 0.4) is 0 Å². The van der Waals surface area contributed by atoms with Gasteiger partial charge in [-0.25, -0.2) is 0 Å². The molecule has 20 heavy (non-hydrogen) atoms. The number of hydrogen-bond acceptors (Lipinski definition) is 4. The zero-order valence-electron chi connectivity index (χ0n) is 13.4. The normalized spacial score (nSPS) is 18.3. The highest BCUT2D eigenvalue weighted by atomic mass is 16.3. The Morgan fingerprint density at radius 3 is 2.75 bits per heavy atom. The first-order chi connectivity index (χ1) is 9.54. The highest BCUT2D eigenvalue weighted by Gasteiger charge is 2.21. The van der Waals surface area contributed by atoms with Crippen LogP contribution in [0.5, 0.6) is 0 Å².